The highest BCUT2D eigenvalue weighted by Crippen LogP contribution is 2.29. The molecule has 2 N–H and O–H groups in total. The smallest absolute Gasteiger partial charge is 0.245 e. The van der Waals surface area contributed by atoms with Gasteiger partial charge in [0.25, 0.3) is 0 Å². The van der Waals surface area contributed by atoms with Gasteiger partial charge in [-0.15, -0.1) is 0 Å². The molecule has 1 aliphatic heterocycles. The second kappa shape index (κ2) is 5.28. The molecule has 1 fully saturated rings. The lowest BCUT2D eigenvalue weighted by atomic mass is 10.0. The maximum Gasteiger partial charge on any atom is 0.245 e. The van der Waals surface area contributed by atoms with Gasteiger partial charge in [0, 0.05) is 12.6 Å². The van der Waals surface area contributed by atoms with E-state index >= 15 is 0 Å². The van der Waals surface area contributed by atoms with Crippen LogP contribution in [0.25, 0.3) is 0 Å². The standard InChI is InChI=1S/C13H20N2O2S/c1-2-11-7-5-6-10-15(11)18(16,17)13-9-4-3-8-12(13)14/h3-4,8-9,11H,2,5-7,10,14H2,1H3. The summed E-state index contributed by atoms with van der Waals surface area (Å²) >= 11 is 0. The summed E-state index contributed by atoms with van der Waals surface area (Å²) in [5.41, 5.74) is 6.13. The Morgan fingerprint density at radius 3 is 2.72 bits per heavy atom. The van der Waals surface area contributed by atoms with Crippen molar-refractivity contribution in [3.8, 4) is 0 Å². The first-order chi connectivity index (χ1) is 8.57. The Balaban J connectivity index is 2.39. The zero-order valence-electron chi connectivity index (χ0n) is 10.7. The molecule has 0 amide bonds. The molecule has 2 rings (SSSR count). The van der Waals surface area contributed by atoms with Gasteiger partial charge in [-0.3, -0.25) is 0 Å². The molecule has 0 aromatic heterocycles. The van der Waals surface area contributed by atoms with Crippen molar-refractivity contribution in [1.82, 2.24) is 4.31 Å². The number of benzene rings is 1. The average molecular weight is 268 g/mol. The highest BCUT2D eigenvalue weighted by atomic mass is 32.2. The molecule has 0 saturated carbocycles. The van der Waals surface area contributed by atoms with Crippen LogP contribution in [-0.2, 0) is 10.0 Å². The van der Waals surface area contributed by atoms with Crippen LogP contribution < -0.4 is 5.73 Å². The summed E-state index contributed by atoms with van der Waals surface area (Å²) in [6.45, 7) is 2.64. The largest absolute Gasteiger partial charge is 0.398 e. The van der Waals surface area contributed by atoms with Gasteiger partial charge in [0.1, 0.15) is 4.90 Å². The van der Waals surface area contributed by atoms with Crippen LogP contribution in [0.15, 0.2) is 29.2 Å². The van der Waals surface area contributed by atoms with Gasteiger partial charge < -0.3 is 5.73 Å². The Morgan fingerprint density at radius 1 is 1.33 bits per heavy atom. The van der Waals surface area contributed by atoms with Gasteiger partial charge in [-0.2, -0.15) is 4.31 Å². The number of nitrogens with two attached hydrogens (primary N) is 1. The maximum atomic E-state index is 12.6. The molecule has 0 radical (unpaired) electrons. The van der Waals surface area contributed by atoms with Gasteiger partial charge in [-0.25, -0.2) is 8.42 Å². The summed E-state index contributed by atoms with van der Waals surface area (Å²) in [4.78, 5) is 0.241. The summed E-state index contributed by atoms with van der Waals surface area (Å²) in [7, 11) is -3.45. The first kappa shape index (κ1) is 13.4. The van der Waals surface area contributed by atoms with Gasteiger partial charge in [0.2, 0.25) is 10.0 Å². The summed E-state index contributed by atoms with van der Waals surface area (Å²) in [5.74, 6) is 0. The Hall–Kier alpha value is -1.07. The first-order valence-corrected chi connectivity index (χ1v) is 7.87. The first-order valence-electron chi connectivity index (χ1n) is 6.43. The van der Waals surface area contributed by atoms with Crippen molar-refractivity contribution in [2.24, 2.45) is 0 Å². The Kier molecular flexibility index (Phi) is 3.92. The fourth-order valence-electron chi connectivity index (χ4n) is 2.54. The molecular formula is C13H20N2O2S. The van der Waals surface area contributed by atoms with Gasteiger partial charge >= 0.3 is 0 Å². The molecule has 0 aliphatic carbocycles. The molecule has 1 saturated heterocycles. The van der Waals surface area contributed by atoms with Crippen LogP contribution in [0.5, 0.6) is 0 Å². The molecule has 100 valence electrons. The summed E-state index contributed by atoms with van der Waals surface area (Å²) in [6, 6.07) is 6.81. The highest BCUT2D eigenvalue weighted by molar-refractivity contribution is 7.89. The minimum atomic E-state index is -3.45. The lowest BCUT2D eigenvalue weighted by Gasteiger charge is -2.34. The number of nitrogen functional groups attached to an aromatic ring is 1. The van der Waals surface area contributed by atoms with E-state index in [4.69, 9.17) is 5.73 Å². The molecule has 18 heavy (non-hydrogen) atoms. The molecule has 1 aromatic carbocycles. The molecule has 0 spiro atoms. The van der Waals surface area contributed by atoms with Crippen molar-refractivity contribution in [2.75, 3.05) is 12.3 Å². The number of para-hydroxylation sites is 1. The number of piperidine rings is 1. The second-order valence-electron chi connectivity index (χ2n) is 4.71. The van der Waals surface area contributed by atoms with E-state index in [1.54, 1.807) is 28.6 Å². The van der Waals surface area contributed by atoms with Crippen molar-refractivity contribution >= 4 is 15.7 Å². The monoisotopic (exact) mass is 268 g/mol. The van der Waals surface area contributed by atoms with Crippen LogP contribution in [0.4, 0.5) is 5.69 Å². The van der Waals surface area contributed by atoms with Crippen LogP contribution in [-0.4, -0.2) is 25.3 Å². The van der Waals surface area contributed by atoms with Crippen LogP contribution in [0.3, 0.4) is 0 Å². The number of nitrogens with zero attached hydrogens (tertiary/aromatic N) is 1. The molecule has 1 aromatic rings. The highest BCUT2D eigenvalue weighted by Gasteiger charge is 2.33. The van der Waals surface area contributed by atoms with E-state index in [-0.39, 0.29) is 10.9 Å². The zero-order chi connectivity index (χ0) is 13.2. The van der Waals surface area contributed by atoms with Gasteiger partial charge in [-0.05, 0) is 31.4 Å². The predicted molar refractivity (Wildman–Crippen MR) is 72.7 cm³/mol. The second-order valence-corrected chi connectivity index (χ2v) is 6.57. The Labute approximate surface area is 109 Å². The van der Waals surface area contributed by atoms with E-state index in [1.807, 2.05) is 6.92 Å². The summed E-state index contributed by atoms with van der Waals surface area (Å²) < 4.78 is 26.9. The third-order valence-corrected chi connectivity index (χ3v) is 5.58. The number of hydrogen-bond acceptors (Lipinski definition) is 3. The third kappa shape index (κ3) is 2.37. The summed E-state index contributed by atoms with van der Waals surface area (Å²) in [6.07, 6.45) is 3.84. The molecule has 1 atom stereocenters. The third-order valence-electron chi connectivity index (χ3n) is 3.55. The zero-order valence-corrected chi connectivity index (χ0v) is 11.5. The van der Waals surface area contributed by atoms with Crippen LogP contribution >= 0.6 is 0 Å². The molecule has 4 nitrogen and oxygen atoms in total. The van der Waals surface area contributed by atoms with E-state index in [0.717, 1.165) is 25.7 Å². The van der Waals surface area contributed by atoms with Gasteiger partial charge in [-0.1, -0.05) is 25.5 Å². The predicted octanol–water partition coefficient (Wildman–Crippen LogP) is 2.22. The SMILES string of the molecule is CCC1CCCCN1S(=O)(=O)c1ccccc1N. The van der Waals surface area contributed by atoms with E-state index in [1.165, 1.54) is 0 Å². The average Bonchev–Trinajstić information content (AvgIpc) is 2.39. The lowest BCUT2D eigenvalue weighted by molar-refractivity contribution is 0.247. The minimum Gasteiger partial charge on any atom is -0.398 e. The molecule has 5 heteroatoms. The van der Waals surface area contributed by atoms with E-state index in [0.29, 0.717) is 12.2 Å². The number of rotatable bonds is 3. The van der Waals surface area contributed by atoms with Crippen molar-refractivity contribution in [1.29, 1.82) is 0 Å². The molecule has 0 bridgehead atoms. The van der Waals surface area contributed by atoms with Crippen molar-refractivity contribution in [3.05, 3.63) is 24.3 Å². The van der Waals surface area contributed by atoms with Crippen molar-refractivity contribution in [3.63, 3.8) is 0 Å². The fourth-order valence-corrected chi connectivity index (χ4v) is 4.43. The summed E-state index contributed by atoms with van der Waals surface area (Å²) in [5, 5.41) is 0. The van der Waals surface area contributed by atoms with Crippen LogP contribution in [0, 0.1) is 0 Å². The van der Waals surface area contributed by atoms with E-state index < -0.39 is 10.0 Å². The van der Waals surface area contributed by atoms with Crippen molar-refractivity contribution in [2.45, 2.75) is 43.5 Å². The number of hydrogen-bond donors (Lipinski definition) is 1. The molecule has 1 heterocycles. The Bertz CT molecular complexity index is 513. The van der Waals surface area contributed by atoms with Crippen LogP contribution in [0.2, 0.25) is 0 Å². The number of sulfonamides is 1. The minimum absolute atomic E-state index is 0.114. The van der Waals surface area contributed by atoms with Crippen molar-refractivity contribution < 1.29 is 8.42 Å². The maximum absolute atomic E-state index is 12.6. The fraction of sp³-hybridized carbons (Fsp3) is 0.538. The Morgan fingerprint density at radius 2 is 2.06 bits per heavy atom. The molecular weight excluding hydrogens is 248 g/mol. The molecule has 1 unspecified atom stereocenters. The quantitative estimate of drug-likeness (QED) is 0.855. The number of anilines is 1. The van der Waals surface area contributed by atoms with E-state index in [2.05, 4.69) is 0 Å². The van der Waals surface area contributed by atoms with Gasteiger partial charge in [0.05, 0.1) is 5.69 Å². The van der Waals surface area contributed by atoms with Crippen LogP contribution in [0.1, 0.15) is 32.6 Å². The normalized spacial score (nSPS) is 21.9. The lowest BCUT2D eigenvalue weighted by Crippen LogP contribution is -2.43. The van der Waals surface area contributed by atoms with Gasteiger partial charge in [0.15, 0.2) is 0 Å². The van der Waals surface area contributed by atoms with E-state index in [9.17, 15) is 8.42 Å². The molecule has 1 aliphatic rings. The topological polar surface area (TPSA) is 63.4 Å².